The van der Waals surface area contributed by atoms with Crippen LogP contribution in [0.25, 0.3) is 0 Å². The van der Waals surface area contributed by atoms with Crippen LogP contribution in [-0.4, -0.2) is 51.0 Å². The number of nitrogens with zero attached hydrogens (tertiary/aromatic N) is 1. The van der Waals surface area contributed by atoms with Crippen LogP contribution in [-0.2, 0) is 10.0 Å². The van der Waals surface area contributed by atoms with Crippen LogP contribution in [0.4, 0.5) is 5.69 Å². The Bertz CT molecular complexity index is 1110. The highest BCUT2D eigenvalue weighted by atomic mass is 32.2. The van der Waals surface area contributed by atoms with Gasteiger partial charge in [-0.1, -0.05) is 38.3 Å². The normalized spacial score (nSPS) is 14.4. The minimum atomic E-state index is -4.02. The summed E-state index contributed by atoms with van der Waals surface area (Å²) in [5, 5.41) is 2.82. The molecule has 1 fully saturated rings. The Hall–Kier alpha value is -2.52. The van der Waals surface area contributed by atoms with Crippen molar-refractivity contribution in [2.75, 3.05) is 30.6 Å². The Morgan fingerprint density at radius 1 is 1.00 bits per heavy atom. The first-order valence-corrected chi connectivity index (χ1v) is 14.5. The van der Waals surface area contributed by atoms with Gasteiger partial charge < -0.3 is 10.2 Å². The summed E-state index contributed by atoms with van der Waals surface area (Å²) in [6.07, 6.45) is 7.77. The summed E-state index contributed by atoms with van der Waals surface area (Å²) >= 11 is 1.42. The van der Waals surface area contributed by atoms with Crippen LogP contribution in [0.3, 0.4) is 0 Å². The van der Waals surface area contributed by atoms with Crippen molar-refractivity contribution in [1.29, 1.82) is 0 Å². The Morgan fingerprint density at radius 2 is 1.71 bits per heavy atom. The number of unbranched alkanes of at least 4 members (excludes halogenated alkanes) is 1. The second kappa shape index (κ2) is 12.3. The molecular weight excluding hydrogens is 470 g/mol. The van der Waals surface area contributed by atoms with E-state index in [2.05, 4.69) is 10.0 Å². The Balaban J connectivity index is 1.88. The summed E-state index contributed by atoms with van der Waals surface area (Å²) < 4.78 is 29.1. The number of carbonyl (C=O) groups is 2. The number of para-hydroxylation sites is 1. The molecule has 0 radical (unpaired) electrons. The number of thioether (sulfide) groups is 1. The van der Waals surface area contributed by atoms with E-state index in [0.717, 1.165) is 43.4 Å². The quantitative estimate of drug-likeness (QED) is 0.380. The highest BCUT2D eigenvalue weighted by Crippen LogP contribution is 2.28. The molecule has 2 aromatic carbocycles. The molecule has 2 aromatic rings. The number of carbonyl (C=O) groups excluding carboxylic acids is 2. The van der Waals surface area contributed by atoms with E-state index >= 15 is 0 Å². The van der Waals surface area contributed by atoms with Crippen molar-refractivity contribution in [1.82, 2.24) is 10.2 Å². The van der Waals surface area contributed by atoms with Gasteiger partial charge in [0.1, 0.15) is 0 Å². The van der Waals surface area contributed by atoms with Crippen LogP contribution in [0.2, 0.25) is 0 Å². The third-order valence-corrected chi connectivity index (χ3v) is 8.00. The van der Waals surface area contributed by atoms with Crippen molar-refractivity contribution in [2.45, 2.75) is 55.2 Å². The van der Waals surface area contributed by atoms with Gasteiger partial charge in [-0.25, -0.2) is 8.42 Å². The van der Waals surface area contributed by atoms with Crippen LogP contribution < -0.4 is 10.0 Å². The summed E-state index contributed by atoms with van der Waals surface area (Å²) in [5.74, 6) is -0.472. The topological polar surface area (TPSA) is 95.6 Å². The molecular formula is C25H33N3O4S2. The maximum absolute atomic E-state index is 13.3. The highest BCUT2D eigenvalue weighted by molar-refractivity contribution is 7.98. The molecule has 1 aliphatic heterocycles. The van der Waals surface area contributed by atoms with Crippen LogP contribution >= 0.6 is 11.8 Å². The number of sulfonamides is 1. The largest absolute Gasteiger partial charge is 0.352 e. The van der Waals surface area contributed by atoms with E-state index in [1.54, 1.807) is 30.3 Å². The lowest BCUT2D eigenvalue weighted by atomic mass is 10.1. The number of rotatable bonds is 9. The fourth-order valence-corrected chi connectivity index (χ4v) is 5.59. The predicted octanol–water partition coefficient (Wildman–Crippen LogP) is 4.76. The first-order chi connectivity index (χ1) is 16.4. The lowest BCUT2D eigenvalue weighted by Gasteiger charge is -2.22. The SMILES string of the molecule is CCCCNC(=O)c1ccccc1NS(=O)(=O)c1ccc(SC)c(C(=O)N2CCCCCC2)c1. The van der Waals surface area contributed by atoms with Crippen LogP contribution in [0.1, 0.15) is 66.2 Å². The number of likely N-dealkylation sites (tertiary alicyclic amines) is 1. The molecule has 3 rings (SSSR count). The van der Waals surface area contributed by atoms with Crippen molar-refractivity contribution in [3.05, 3.63) is 53.6 Å². The zero-order chi connectivity index (χ0) is 24.6. The van der Waals surface area contributed by atoms with Gasteiger partial charge >= 0.3 is 0 Å². The predicted molar refractivity (Wildman–Crippen MR) is 137 cm³/mol. The molecule has 9 heteroatoms. The summed E-state index contributed by atoms with van der Waals surface area (Å²) in [6, 6.07) is 11.1. The van der Waals surface area contributed by atoms with Crippen molar-refractivity contribution >= 4 is 39.3 Å². The molecule has 0 aliphatic carbocycles. The van der Waals surface area contributed by atoms with Gasteiger partial charge in [0.2, 0.25) is 0 Å². The molecule has 0 spiro atoms. The number of anilines is 1. The smallest absolute Gasteiger partial charge is 0.261 e. The lowest BCUT2D eigenvalue weighted by molar-refractivity contribution is 0.0757. The summed E-state index contributed by atoms with van der Waals surface area (Å²) in [4.78, 5) is 28.4. The van der Waals surface area contributed by atoms with Gasteiger partial charge in [-0.2, -0.15) is 0 Å². The third kappa shape index (κ3) is 6.54. The molecule has 0 aromatic heterocycles. The van der Waals surface area contributed by atoms with E-state index in [0.29, 0.717) is 25.2 Å². The molecule has 0 saturated carbocycles. The van der Waals surface area contributed by atoms with Gasteiger partial charge in [-0.15, -0.1) is 11.8 Å². The Labute approximate surface area is 206 Å². The van der Waals surface area contributed by atoms with Crippen molar-refractivity contribution in [3.8, 4) is 0 Å². The lowest BCUT2D eigenvalue weighted by Crippen LogP contribution is -2.32. The molecule has 184 valence electrons. The van der Waals surface area contributed by atoms with E-state index in [4.69, 9.17) is 0 Å². The van der Waals surface area contributed by atoms with Gasteiger partial charge in [-0.3, -0.25) is 14.3 Å². The zero-order valence-electron chi connectivity index (χ0n) is 19.8. The van der Waals surface area contributed by atoms with Gasteiger partial charge in [0.25, 0.3) is 21.8 Å². The highest BCUT2D eigenvalue weighted by Gasteiger charge is 2.24. The Morgan fingerprint density at radius 3 is 2.38 bits per heavy atom. The zero-order valence-corrected chi connectivity index (χ0v) is 21.4. The fourth-order valence-electron chi connectivity index (χ4n) is 3.91. The van der Waals surface area contributed by atoms with E-state index in [1.807, 2.05) is 18.1 Å². The molecule has 1 aliphatic rings. The summed E-state index contributed by atoms with van der Waals surface area (Å²) in [6.45, 7) is 3.92. The molecule has 34 heavy (non-hydrogen) atoms. The number of amides is 2. The molecule has 1 saturated heterocycles. The van der Waals surface area contributed by atoms with Gasteiger partial charge in [-0.05, 0) is 55.9 Å². The van der Waals surface area contributed by atoms with Gasteiger partial charge in [0.15, 0.2) is 0 Å². The Kier molecular flexibility index (Phi) is 9.41. The maximum Gasteiger partial charge on any atom is 0.261 e. The minimum absolute atomic E-state index is 0.00957. The van der Waals surface area contributed by atoms with E-state index in [1.165, 1.54) is 23.9 Å². The number of hydrogen-bond donors (Lipinski definition) is 2. The van der Waals surface area contributed by atoms with Crippen LogP contribution in [0.15, 0.2) is 52.3 Å². The van der Waals surface area contributed by atoms with E-state index < -0.39 is 10.0 Å². The number of hydrogen-bond acceptors (Lipinski definition) is 5. The summed E-state index contributed by atoms with van der Waals surface area (Å²) in [7, 11) is -4.02. The van der Waals surface area contributed by atoms with Crippen molar-refractivity contribution < 1.29 is 18.0 Å². The van der Waals surface area contributed by atoms with E-state index in [-0.39, 0.29) is 28.0 Å². The van der Waals surface area contributed by atoms with Gasteiger partial charge in [0, 0.05) is 24.5 Å². The molecule has 2 N–H and O–H groups in total. The minimum Gasteiger partial charge on any atom is -0.352 e. The monoisotopic (exact) mass is 503 g/mol. The molecule has 1 heterocycles. The number of benzene rings is 2. The average molecular weight is 504 g/mol. The summed E-state index contributed by atoms with van der Waals surface area (Å²) in [5.41, 5.74) is 0.845. The fraction of sp³-hybridized carbons (Fsp3) is 0.440. The number of nitrogens with one attached hydrogen (secondary N) is 2. The molecule has 2 amide bonds. The van der Waals surface area contributed by atoms with Crippen molar-refractivity contribution in [2.24, 2.45) is 0 Å². The first-order valence-electron chi connectivity index (χ1n) is 11.7. The molecule has 0 bridgehead atoms. The van der Waals surface area contributed by atoms with Crippen LogP contribution in [0, 0.1) is 0 Å². The van der Waals surface area contributed by atoms with Crippen molar-refractivity contribution in [3.63, 3.8) is 0 Å². The second-order valence-electron chi connectivity index (χ2n) is 8.33. The first kappa shape index (κ1) is 26.1. The average Bonchev–Trinajstić information content (AvgIpc) is 3.13. The van der Waals surface area contributed by atoms with Gasteiger partial charge in [0.05, 0.1) is 21.7 Å². The molecule has 7 nitrogen and oxygen atoms in total. The molecule has 0 atom stereocenters. The third-order valence-electron chi connectivity index (χ3n) is 5.84. The van der Waals surface area contributed by atoms with E-state index in [9.17, 15) is 18.0 Å². The standard InChI is InChI=1S/C25H33N3O4S2/c1-3-4-15-26-24(29)20-11-7-8-12-22(20)27-34(31,32)19-13-14-23(33-2)21(18-19)25(30)28-16-9-5-6-10-17-28/h7-8,11-14,18,27H,3-6,9-10,15-17H2,1-2H3,(H,26,29). The second-order valence-corrected chi connectivity index (χ2v) is 10.9. The maximum atomic E-state index is 13.3. The van der Waals surface area contributed by atoms with Crippen LogP contribution in [0.5, 0.6) is 0 Å². The molecule has 0 unspecified atom stereocenters.